The van der Waals surface area contributed by atoms with Crippen molar-refractivity contribution < 1.29 is 14.3 Å². The van der Waals surface area contributed by atoms with E-state index in [0.29, 0.717) is 41.8 Å². The first-order chi connectivity index (χ1) is 9.70. The third kappa shape index (κ3) is 1.99. The Morgan fingerprint density at radius 2 is 2.05 bits per heavy atom. The van der Waals surface area contributed by atoms with E-state index in [-0.39, 0.29) is 0 Å². The lowest BCUT2D eigenvalue weighted by molar-refractivity contribution is 0.111. The van der Waals surface area contributed by atoms with Crippen LogP contribution < -0.4 is 15.2 Å². The quantitative estimate of drug-likeness (QED) is 0.841. The van der Waals surface area contributed by atoms with E-state index in [9.17, 15) is 4.79 Å². The summed E-state index contributed by atoms with van der Waals surface area (Å²) in [6, 6.07) is 5.28. The van der Waals surface area contributed by atoms with Gasteiger partial charge in [-0.25, -0.2) is 0 Å². The van der Waals surface area contributed by atoms with Crippen LogP contribution in [0.5, 0.6) is 11.5 Å². The molecule has 0 amide bonds. The molecule has 1 aromatic carbocycles. The van der Waals surface area contributed by atoms with E-state index in [1.807, 2.05) is 0 Å². The molecule has 0 fully saturated rings. The normalized spacial score (nSPS) is 13.8. The van der Waals surface area contributed by atoms with Crippen LogP contribution in [0.25, 0.3) is 11.3 Å². The number of fused-ring (bicyclic) bond motifs is 1. The molecule has 0 spiro atoms. The topological polar surface area (TPSA) is 79.4 Å². The number of carbonyl (C=O) groups is 1. The summed E-state index contributed by atoms with van der Waals surface area (Å²) in [6.45, 7) is 1.08. The standard InChI is InChI=1S/C14H15N3O3/c1-17-12(15)7-11(16-17)10-4-3-9(8-18)13-14(10)20-6-2-5-19-13/h3-4,7-8H,2,5-6,15H2,1H3. The molecule has 0 saturated carbocycles. The van der Waals surface area contributed by atoms with Crippen molar-refractivity contribution in [2.45, 2.75) is 6.42 Å². The van der Waals surface area contributed by atoms with Gasteiger partial charge in [0, 0.05) is 25.1 Å². The zero-order chi connectivity index (χ0) is 14.1. The highest BCUT2D eigenvalue weighted by molar-refractivity contribution is 5.86. The van der Waals surface area contributed by atoms with Gasteiger partial charge in [0.15, 0.2) is 17.8 Å². The molecular formula is C14H15N3O3. The van der Waals surface area contributed by atoms with Crippen LogP contribution in [0, 0.1) is 0 Å². The van der Waals surface area contributed by atoms with Gasteiger partial charge in [-0.3, -0.25) is 9.48 Å². The van der Waals surface area contributed by atoms with E-state index in [0.717, 1.165) is 18.3 Å². The second-order valence-corrected chi connectivity index (χ2v) is 4.61. The summed E-state index contributed by atoms with van der Waals surface area (Å²) in [5.41, 5.74) is 7.77. The zero-order valence-corrected chi connectivity index (χ0v) is 11.1. The van der Waals surface area contributed by atoms with E-state index in [1.54, 1.807) is 29.9 Å². The number of nitrogens with two attached hydrogens (primary N) is 1. The van der Waals surface area contributed by atoms with Crippen LogP contribution in [0.4, 0.5) is 5.82 Å². The molecule has 6 heteroatoms. The number of benzene rings is 1. The molecule has 1 aromatic heterocycles. The number of rotatable bonds is 2. The number of hydrogen-bond donors (Lipinski definition) is 1. The number of anilines is 1. The molecule has 2 aromatic rings. The maximum absolute atomic E-state index is 11.1. The summed E-state index contributed by atoms with van der Waals surface area (Å²) < 4.78 is 13.0. The van der Waals surface area contributed by atoms with Gasteiger partial charge < -0.3 is 15.2 Å². The monoisotopic (exact) mass is 273 g/mol. The highest BCUT2D eigenvalue weighted by Gasteiger charge is 2.21. The first-order valence-electron chi connectivity index (χ1n) is 6.38. The van der Waals surface area contributed by atoms with Crippen molar-refractivity contribution in [3.8, 4) is 22.8 Å². The summed E-state index contributed by atoms with van der Waals surface area (Å²) in [7, 11) is 1.77. The summed E-state index contributed by atoms with van der Waals surface area (Å²) in [4.78, 5) is 11.1. The fourth-order valence-corrected chi connectivity index (χ4v) is 2.19. The Hall–Kier alpha value is -2.50. The van der Waals surface area contributed by atoms with E-state index >= 15 is 0 Å². The lowest BCUT2D eigenvalue weighted by Crippen LogP contribution is -1.98. The van der Waals surface area contributed by atoms with Crippen molar-refractivity contribution in [3.05, 3.63) is 23.8 Å². The number of nitrogen functional groups attached to an aromatic ring is 1. The van der Waals surface area contributed by atoms with Gasteiger partial charge in [0.05, 0.1) is 24.5 Å². The summed E-state index contributed by atoms with van der Waals surface area (Å²) >= 11 is 0. The fourth-order valence-electron chi connectivity index (χ4n) is 2.19. The summed E-state index contributed by atoms with van der Waals surface area (Å²) in [5, 5.41) is 4.34. The molecule has 1 aliphatic rings. The lowest BCUT2D eigenvalue weighted by atomic mass is 10.1. The number of nitrogens with zero attached hydrogens (tertiary/aromatic N) is 2. The Balaban J connectivity index is 2.18. The number of carbonyl (C=O) groups excluding carboxylic acids is 1. The van der Waals surface area contributed by atoms with Crippen molar-refractivity contribution >= 4 is 12.1 Å². The third-order valence-corrected chi connectivity index (χ3v) is 3.24. The number of aryl methyl sites for hydroxylation is 1. The van der Waals surface area contributed by atoms with Gasteiger partial charge in [0.25, 0.3) is 0 Å². The average molecular weight is 273 g/mol. The molecule has 2 heterocycles. The van der Waals surface area contributed by atoms with Crippen LogP contribution in [-0.2, 0) is 7.05 Å². The molecular weight excluding hydrogens is 258 g/mol. The third-order valence-electron chi connectivity index (χ3n) is 3.24. The Bertz CT molecular complexity index is 644. The Labute approximate surface area is 116 Å². The predicted molar refractivity (Wildman–Crippen MR) is 74.1 cm³/mol. The summed E-state index contributed by atoms with van der Waals surface area (Å²) in [6.07, 6.45) is 1.54. The molecule has 0 radical (unpaired) electrons. The predicted octanol–water partition coefficient (Wildman–Crippen LogP) is 1.64. The highest BCUT2D eigenvalue weighted by Crippen LogP contribution is 2.41. The van der Waals surface area contributed by atoms with Crippen molar-refractivity contribution in [1.29, 1.82) is 0 Å². The Morgan fingerprint density at radius 3 is 2.70 bits per heavy atom. The van der Waals surface area contributed by atoms with Crippen LogP contribution in [0.1, 0.15) is 16.8 Å². The molecule has 3 rings (SSSR count). The smallest absolute Gasteiger partial charge is 0.172 e. The average Bonchev–Trinajstić information content (AvgIpc) is 2.68. The van der Waals surface area contributed by atoms with Crippen molar-refractivity contribution in [1.82, 2.24) is 9.78 Å². The van der Waals surface area contributed by atoms with E-state index < -0.39 is 0 Å². The molecule has 20 heavy (non-hydrogen) atoms. The Kier molecular flexibility index (Phi) is 3.06. The molecule has 0 unspecified atom stereocenters. The molecule has 6 nitrogen and oxygen atoms in total. The maximum Gasteiger partial charge on any atom is 0.172 e. The molecule has 0 atom stereocenters. The van der Waals surface area contributed by atoms with E-state index in [4.69, 9.17) is 15.2 Å². The van der Waals surface area contributed by atoms with Crippen LogP contribution in [0.2, 0.25) is 0 Å². The fraction of sp³-hybridized carbons (Fsp3) is 0.286. The van der Waals surface area contributed by atoms with E-state index in [2.05, 4.69) is 5.10 Å². The second-order valence-electron chi connectivity index (χ2n) is 4.61. The molecule has 0 saturated heterocycles. The minimum absolute atomic E-state index is 0.481. The van der Waals surface area contributed by atoms with Gasteiger partial charge in [-0.2, -0.15) is 5.10 Å². The summed E-state index contributed by atoms with van der Waals surface area (Å²) in [5.74, 6) is 1.60. The first-order valence-corrected chi connectivity index (χ1v) is 6.38. The van der Waals surface area contributed by atoms with E-state index in [1.165, 1.54) is 0 Å². The van der Waals surface area contributed by atoms with Crippen LogP contribution in [0.3, 0.4) is 0 Å². The van der Waals surface area contributed by atoms with Gasteiger partial charge in [-0.05, 0) is 12.1 Å². The van der Waals surface area contributed by atoms with Crippen LogP contribution >= 0.6 is 0 Å². The SMILES string of the molecule is Cn1nc(-c2ccc(C=O)c3c2OCCCO3)cc1N. The molecule has 0 aliphatic carbocycles. The van der Waals surface area contributed by atoms with Gasteiger partial charge in [-0.15, -0.1) is 0 Å². The minimum atomic E-state index is 0.481. The molecule has 104 valence electrons. The van der Waals surface area contributed by atoms with Gasteiger partial charge in [-0.1, -0.05) is 0 Å². The number of hydrogen-bond acceptors (Lipinski definition) is 5. The van der Waals surface area contributed by atoms with Crippen molar-refractivity contribution in [2.24, 2.45) is 7.05 Å². The molecule has 1 aliphatic heterocycles. The minimum Gasteiger partial charge on any atom is -0.489 e. The number of aldehydes is 1. The zero-order valence-electron chi connectivity index (χ0n) is 11.1. The number of ether oxygens (including phenoxy) is 2. The number of aromatic nitrogens is 2. The van der Waals surface area contributed by atoms with Crippen molar-refractivity contribution in [2.75, 3.05) is 18.9 Å². The molecule has 0 bridgehead atoms. The van der Waals surface area contributed by atoms with Gasteiger partial charge in [0.2, 0.25) is 0 Å². The highest BCUT2D eigenvalue weighted by atomic mass is 16.5. The largest absolute Gasteiger partial charge is 0.489 e. The Morgan fingerprint density at radius 1 is 1.30 bits per heavy atom. The van der Waals surface area contributed by atoms with Crippen LogP contribution in [-0.4, -0.2) is 29.3 Å². The van der Waals surface area contributed by atoms with Gasteiger partial charge in [0.1, 0.15) is 5.82 Å². The van der Waals surface area contributed by atoms with Crippen molar-refractivity contribution in [3.63, 3.8) is 0 Å². The van der Waals surface area contributed by atoms with Gasteiger partial charge >= 0.3 is 0 Å². The maximum atomic E-state index is 11.1. The van der Waals surface area contributed by atoms with Crippen LogP contribution in [0.15, 0.2) is 18.2 Å². The first kappa shape index (κ1) is 12.5. The second kappa shape index (κ2) is 4.88. The lowest BCUT2D eigenvalue weighted by Gasteiger charge is -2.12. The molecule has 2 N–H and O–H groups in total.